The van der Waals surface area contributed by atoms with Gasteiger partial charge in [0.25, 0.3) is 5.91 Å². The number of alkyl halides is 3. The van der Waals surface area contributed by atoms with Crippen molar-refractivity contribution in [2.24, 2.45) is 22.7 Å². The van der Waals surface area contributed by atoms with Crippen LogP contribution in [0.3, 0.4) is 0 Å². The fourth-order valence-electron chi connectivity index (χ4n) is 5.43. The number of likely N-dealkylation sites (N-methyl/N-ethyl adjacent to an activating group) is 1. The van der Waals surface area contributed by atoms with Gasteiger partial charge in [0.15, 0.2) is 0 Å². The molecule has 1 rings (SSSR count). The summed E-state index contributed by atoms with van der Waals surface area (Å²) >= 11 is 0. The lowest BCUT2D eigenvalue weighted by atomic mass is 9.84. The Hall–Kier alpha value is -3.65. The number of hydrogen-bond acceptors (Lipinski definition) is 6. The van der Waals surface area contributed by atoms with Gasteiger partial charge in [-0.2, -0.15) is 13.2 Å². The molecule has 1 aliphatic rings. The molecule has 1 aliphatic heterocycles. The highest BCUT2D eigenvalue weighted by molar-refractivity contribution is 6.38. The summed E-state index contributed by atoms with van der Waals surface area (Å²) in [5.74, 6) is -4.64. The molecule has 6 amide bonds. The van der Waals surface area contributed by atoms with Gasteiger partial charge in [-0.3, -0.25) is 24.0 Å². The van der Waals surface area contributed by atoms with Gasteiger partial charge in [0, 0.05) is 40.0 Å². The molecule has 1 saturated heterocycles. The minimum atomic E-state index is -4.66. The van der Waals surface area contributed by atoms with Crippen LogP contribution in [0, 0.1) is 22.7 Å². The molecule has 0 aliphatic carbocycles. The molecule has 0 aromatic heterocycles. The highest BCUT2D eigenvalue weighted by Gasteiger charge is 2.48. The first-order valence-corrected chi connectivity index (χ1v) is 16.2. The van der Waals surface area contributed by atoms with Crippen LogP contribution in [0.4, 0.5) is 18.0 Å². The largest absolute Gasteiger partial charge is 0.389 e. The second-order valence-corrected chi connectivity index (χ2v) is 15.0. The normalized spacial score (nSPS) is 18.8. The topological polar surface area (TPSA) is 157 Å². The second kappa shape index (κ2) is 17.1. The van der Waals surface area contributed by atoms with Crippen molar-refractivity contribution in [3.8, 4) is 0 Å². The van der Waals surface area contributed by atoms with Gasteiger partial charge in [0.05, 0.1) is 12.1 Å². The van der Waals surface area contributed by atoms with E-state index < -0.39 is 89.5 Å². The Kier molecular flexibility index (Phi) is 15.1. The first-order chi connectivity index (χ1) is 21.8. The van der Waals surface area contributed by atoms with Crippen LogP contribution < -0.4 is 21.3 Å². The number of halogens is 3. The summed E-state index contributed by atoms with van der Waals surface area (Å²) in [5, 5.41) is 10.2. The minimum absolute atomic E-state index is 0.108. The van der Waals surface area contributed by atoms with Gasteiger partial charge >= 0.3 is 12.2 Å². The molecule has 0 saturated carbocycles. The van der Waals surface area contributed by atoms with Gasteiger partial charge in [-0.25, -0.2) is 4.79 Å². The van der Waals surface area contributed by atoms with Crippen LogP contribution in [0.2, 0.25) is 0 Å². The molecule has 274 valence electrons. The summed E-state index contributed by atoms with van der Waals surface area (Å²) in [6.45, 7) is 19.6. The molecule has 1 heterocycles. The number of rotatable bonds is 14. The summed E-state index contributed by atoms with van der Waals surface area (Å²) < 4.78 is 39.5. The van der Waals surface area contributed by atoms with Gasteiger partial charge < -0.3 is 31.1 Å². The van der Waals surface area contributed by atoms with Gasteiger partial charge in [0.1, 0.15) is 12.1 Å². The molecule has 4 N–H and O–H groups in total. The smallest absolute Gasteiger partial charge is 0.346 e. The summed E-state index contributed by atoms with van der Waals surface area (Å²) in [6.07, 6.45) is -5.28. The summed E-state index contributed by atoms with van der Waals surface area (Å²) in [4.78, 5) is 81.4. The van der Waals surface area contributed by atoms with E-state index in [1.807, 2.05) is 34.6 Å². The van der Waals surface area contributed by atoms with Crippen LogP contribution in [-0.4, -0.2) is 102 Å². The van der Waals surface area contributed by atoms with Gasteiger partial charge in [-0.1, -0.05) is 61.5 Å². The second-order valence-electron chi connectivity index (χ2n) is 15.0. The molecule has 1 fully saturated rings. The number of urea groups is 1. The minimum Gasteiger partial charge on any atom is -0.346 e. The number of ketones is 1. The van der Waals surface area contributed by atoms with E-state index in [4.69, 9.17) is 0 Å². The molecule has 0 spiro atoms. The van der Waals surface area contributed by atoms with E-state index in [-0.39, 0.29) is 31.5 Å². The molecule has 48 heavy (non-hydrogen) atoms. The third-order valence-corrected chi connectivity index (χ3v) is 8.57. The number of amides is 6. The van der Waals surface area contributed by atoms with Crippen LogP contribution in [0.15, 0.2) is 12.7 Å². The van der Waals surface area contributed by atoms with E-state index in [1.165, 1.54) is 22.8 Å². The Balaban J connectivity index is 3.40. The van der Waals surface area contributed by atoms with Crippen molar-refractivity contribution < 1.29 is 41.9 Å². The van der Waals surface area contributed by atoms with Crippen LogP contribution in [0.5, 0.6) is 0 Å². The van der Waals surface area contributed by atoms with E-state index in [2.05, 4.69) is 27.8 Å². The number of nitrogens with zero attached hydrogens (tertiary/aromatic N) is 2. The summed E-state index contributed by atoms with van der Waals surface area (Å²) in [7, 11) is 1.61. The molecule has 0 aromatic carbocycles. The molecule has 12 nitrogen and oxygen atoms in total. The molecule has 15 heteroatoms. The highest BCUT2D eigenvalue weighted by atomic mass is 19.4. The standard InChI is InChI=1S/C33H55F3N6O6/c1-12-16-37-28(46)25(44)22(13-15-33(34,35)36)38-27(45)24-21(19(2)3)14-17-42(24)29(47)26(32(8,9)10)40-30(48)39-23(31(5,6)7)18-41(11)20(4)43/h12,19,21-24,26H,1,13-18H2,2-11H3,(H,37,46)(H,38,45)(H2,39,40,48)/t21?,22?,23-,24+,26-/m1/s1. The summed E-state index contributed by atoms with van der Waals surface area (Å²) in [5.41, 5.74) is -1.32. The van der Waals surface area contributed by atoms with Crippen molar-refractivity contribution in [3.63, 3.8) is 0 Å². The molecular formula is C33H55F3N6O6. The maximum atomic E-state index is 14.2. The zero-order valence-electron chi connectivity index (χ0n) is 30.0. The Morgan fingerprint density at radius 1 is 0.958 bits per heavy atom. The summed E-state index contributed by atoms with van der Waals surface area (Å²) in [6, 6.07) is -5.27. The average Bonchev–Trinajstić information content (AvgIpc) is 3.40. The number of nitrogens with one attached hydrogen (secondary N) is 4. The Morgan fingerprint density at radius 3 is 2.00 bits per heavy atom. The lowest BCUT2D eigenvalue weighted by Gasteiger charge is -2.38. The predicted octanol–water partition coefficient (Wildman–Crippen LogP) is 3.17. The van der Waals surface area contributed by atoms with Crippen LogP contribution in [-0.2, 0) is 24.0 Å². The molecular weight excluding hydrogens is 633 g/mol. The SMILES string of the molecule is C=CCNC(=O)C(=O)C(CCC(F)(F)F)NC(=O)[C@@H]1C(C(C)C)CCN1C(=O)[C@@H](NC(=O)N[C@H](CN(C)C(C)=O)C(C)(C)C)C(C)(C)C. The van der Waals surface area contributed by atoms with Gasteiger partial charge in [-0.05, 0) is 35.5 Å². The van der Waals surface area contributed by atoms with Crippen LogP contribution in [0.25, 0.3) is 0 Å². The van der Waals surface area contributed by atoms with Crippen molar-refractivity contribution in [1.82, 2.24) is 31.1 Å². The van der Waals surface area contributed by atoms with Gasteiger partial charge in [0.2, 0.25) is 23.5 Å². The number of likely N-dealkylation sites (tertiary alicyclic amines) is 1. The maximum absolute atomic E-state index is 14.2. The Bertz CT molecular complexity index is 1190. The average molecular weight is 689 g/mol. The first kappa shape index (κ1) is 42.4. The van der Waals surface area contributed by atoms with E-state index in [9.17, 15) is 41.9 Å². The van der Waals surface area contributed by atoms with Crippen molar-refractivity contribution in [1.29, 1.82) is 0 Å². The number of carbonyl (C=O) groups is 6. The zero-order chi connectivity index (χ0) is 37.4. The van der Waals surface area contributed by atoms with Gasteiger partial charge in [-0.15, -0.1) is 6.58 Å². The third kappa shape index (κ3) is 12.8. The Morgan fingerprint density at radius 2 is 1.54 bits per heavy atom. The monoisotopic (exact) mass is 688 g/mol. The lowest BCUT2D eigenvalue weighted by molar-refractivity contribution is -0.147. The fourth-order valence-corrected chi connectivity index (χ4v) is 5.43. The van der Waals surface area contributed by atoms with E-state index in [0.29, 0.717) is 6.42 Å². The van der Waals surface area contributed by atoms with Crippen molar-refractivity contribution >= 4 is 35.4 Å². The van der Waals surface area contributed by atoms with Crippen LogP contribution >= 0.6 is 0 Å². The van der Waals surface area contributed by atoms with Crippen molar-refractivity contribution in [3.05, 3.63) is 12.7 Å². The molecule has 0 bridgehead atoms. The molecule has 5 atom stereocenters. The molecule has 2 unspecified atom stereocenters. The maximum Gasteiger partial charge on any atom is 0.389 e. The van der Waals surface area contributed by atoms with Crippen LogP contribution in [0.1, 0.15) is 81.6 Å². The van der Waals surface area contributed by atoms with Crippen molar-refractivity contribution in [2.75, 3.05) is 26.7 Å². The lowest BCUT2D eigenvalue weighted by Crippen LogP contribution is -2.62. The molecule has 0 radical (unpaired) electrons. The fraction of sp³-hybridized carbons (Fsp3) is 0.758. The van der Waals surface area contributed by atoms with E-state index >= 15 is 0 Å². The van der Waals surface area contributed by atoms with E-state index in [0.717, 1.165) is 0 Å². The predicted molar refractivity (Wildman–Crippen MR) is 175 cm³/mol. The molecule has 0 aromatic rings. The Labute approximate surface area is 282 Å². The van der Waals surface area contributed by atoms with E-state index in [1.54, 1.807) is 27.8 Å². The zero-order valence-corrected chi connectivity index (χ0v) is 30.0. The quantitative estimate of drug-likeness (QED) is 0.162. The number of Topliss-reactive ketones (excluding diaryl/α,β-unsaturated/α-hetero) is 1. The van der Waals surface area contributed by atoms with Crippen molar-refractivity contribution in [2.45, 2.75) is 112 Å². The first-order valence-electron chi connectivity index (χ1n) is 16.2. The third-order valence-electron chi connectivity index (χ3n) is 8.57. The number of carbonyl (C=O) groups excluding carboxylic acids is 6. The number of hydrogen-bond donors (Lipinski definition) is 4. The highest BCUT2D eigenvalue weighted by Crippen LogP contribution is 2.34.